The molecule has 0 aliphatic carbocycles. The lowest BCUT2D eigenvalue weighted by Gasteiger charge is -2.21. The maximum absolute atomic E-state index is 11.6. The van der Waals surface area contributed by atoms with Crippen LogP contribution in [0.3, 0.4) is 0 Å². The van der Waals surface area contributed by atoms with Crippen molar-refractivity contribution in [1.29, 1.82) is 0 Å². The molecule has 2 heterocycles. The molecule has 0 unspecified atom stereocenters. The molecule has 0 spiro atoms. The molecule has 0 saturated carbocycles. The normalized spacial score (nSPS) is 20.4. The van der Waals surface area contributed by atoms with Gasteiger partial charge in [0.05, 0.1) is 3.79 Å². The van der Waals surface area contributed by atoms with Gasteiger partial charge in [0.25, 0.3) is 0 Å². The van der Waals surface area contributed by atoms with Crippen molar-refractivity contribution in [3.05, 3.63) is 20.8 Å². The fourth-order valence-electron chi connectivity index (χ4n) is 1.80. The Morgan fingerprint density at radius 1 is 1.69 bits per heavy atom. The van der Waals surface area contributed by atoms with Crippen LogP contribution < -0.4 is 0 Å². The Morgan fingerprint density at radius 2 is 2.44 bits per heavy atom. The van der Waals surface area contributed by atoms with Crippen LogP contribution in [-0.4, -0.2) is 27.9 Å². The summed E-state index contributed by atoms with van der Waals surface area (Å²) in [5.41, 5.74) is 0.964. The molecule has 6 heteroatoms. The molecule has 0 radical (unpaired) electrons. The van der Waals surface area contributed by atoms with Crippen LogP contribution in [0.5, 0.6) is 0 Å². The monoisotopic (exact) mass is 303 g/mol. The minimum atomic E-state index is -0.919. The molecule has 1 atom stereocenters. The first kappa shape index (κ1) is 11.6. The van der Waals surface area contributed by atoms with E-state index in [4.69, 9.17) is 5.11 Å². The topological polar surface area (TPSA) is 57.6 Å². The number of carbonyl (C=O) groups is 2. The standard InChI is InChI=1S/C10H10BrNO3S/c11-9-6(3-4-16-9)5-12-7(10(14)15)1-2-8(12)13/h3-4,7H,1-2,5H2,(H,14,15)/t7-/m0/s1. The van der Waals surface area contributed by atoms with Crippen molar-refractivity contribution in [3.63, 3.8) is 0 Å². The predicted molar refractivity (Wildman–Crippen MR) is 63.2 cm³/mol. The lowest BCUT2D eigenvalue weighted by atomic mass is 10.2. The largest absolute Gasteiger partial charge is 0.480 e. The van der Waals surface area contributed by atoms with Crippen LogP contribution in [0.4, 0.5) is 0 Å². The van der Waals surface area contributed by atoms with Crippen molar-refractivity contribution >= 4 is 39.1 Å². The van der Waals surface area contributed by atoms with Gasteiger partial charge in [-0.05, 0) is 39.4 Å². The smallest absolute Gasteiger partial charge is 0.326 e. The summed E-state index contributed by atoms with van der Waals surface area (Å²) in [7, 11) is 0. The molecule has 1 aliphatic rings. The van der Waals surface area contributed by atoms with Crippen LogP contribution in [0.15, 0.2) is 15.2 Å². The summed E-state index contributed by atoms with van der Waals surface area (Å²) in [6.45, 7) is 0.375. The highest BCUT2D eigenvalue weighted by atomic mass is 79.9. The molecule has 0 aromatic carbocycles. The molecule has 1 aromatic heterocycles. The fourth-order valence-corrected chi connectivity index (χ4v) is 3.02. The highest BCUT2D eigenvalue weighted by Gasteiger charge is 2.36. The van der Waals surface area contributed by atoms with Gasteiger partial charge in [-0.15, -0.1) is 11.3 Å². The highest BCUT2D eigenvalue weighted by Crippen LogP contribution is 2.28. The average Bonchev–Trinajstić information content (AvgIpc) is 2.76. The number of nitrogens with zero attached hydrogens (tertiary/aromatic N) is 1. The Hall–Kier alpha value is -0.880. The van der Waals surface area contributed by atoms with E-state index >= 15 is 0 Å². The molecule has 1 saturated heterocycles. The predicted octanol–water partition coefficient (Wildman–Crippen LogP) is 2.09. The first-order chi connectivity index (χ1) is 7.59. The minimum absolute atomic E-state index is 0.0782. The third-order valence-electron chi connectivity index (χ3n) is 2.65. The molecular formula is C10H10BrNO3S. The molecule has 0 bridgehead atoms. The molecular weight excluding hydrogens is 294 g/mol. The van der Waals surface area contributed by atoms with Gasteiger partial charge in [-0.3, -0.25) is 4.79 Å². The zero-order valence-electron chi connectivity index (χ0n) is 8.35. The summed E-state index contributed by atoms with van der Waals surface area (Å²) in [6.07, 6.45) is 0.745. The van der Waals surface area contributed by atoms with Crippen LogP contribution in [0, 0.1) is 0 Å². The van der Waals surface area contributed by atoms with E-state index in [2.05, 4.69) is 15.9 Å². The van der Waals surface area contributed by atoms with Gasteiger partial charge in [0.2, 0.25) is 5.91 Å². The van der Waals surface area contributed by atoms with Gasteiger partial charge in [0, 0.05) is 13.0 Å². The van der Waals surface area contributed by atoms with Crippen LogP contribution in [-0.2, 0) is 16.1 Å². The highest BCUT2D eigenvalue weighted by molar-refractivity contribution is 9.11. The summed E-state index contributed by atoms with van der Waals surface area (Å²) in [4.78, 5) is 24.0. The Bertz CT molecular complexity index is 431. The maximum atomic E-state index is 11.6. The first-order valence-electron chi connectivity index (χ1n) is 4.83. The summed E-state index contributed by atoms with van der Waals surface area (Å²) in [5, 5.41) is 10.9. The zero-order valence-corrected chi connectivity index (χ0v) is 10.8. The van der Waals surface area contributed by atoms with Crippen molar-refractivity contribution in [3.8, 4) is 0 Å². The molecule has 1 fully saturated rings. The Labute approximate surface area is 105 Å². The Morgan fingerprint density at radius 3 is 3.00 bits per heavy atom. The molecule has 4 nitrogen and oxygen atoms in total. The van der Waals surface area contributed by atoms with E-state index in [9.17, 15) is 9.59 Å². The Kier molecular flexibility index (Phi) is 3.30. The second-order valence-electron chi connectivity index (χ2n) is 3.63. The number of aliphatic carboxylic acids is 1. The molecule has 1 aromatic rings. The van der Waals surface area contributed by atoms with E-state index in [1.165, 1.54) is 16.2 Å². The van der Waals surface area contributed by atoms with Gasteiger partial charge >= 0.3 is 5.97 Å². The third kappa shape index (κ3) is 2.12. The molecule has 1 N–H and O–H groups in total. The van der Waals surface area contributed by atoms with Gasteiger partial charge < -0.3 is 10.0 Å². The number of carbonyl (C=O) groups excluding carboxylic acids is 1. The van der Waals surface area contributed by atoms with Crippen molar-refractivity contribution in [2.24, 2.45) is 0 Å². The van der Waals surface area contributed by atoms with Crippen LogP contribution in [0.1, 0.15) is 18.4 Å². The molecule has 2 rings (SSSR count). The summed E-state index contributed by atoms with van der Waals surface area (Å²) >= 11 is 4.91. The van der Waals surface area contributed by atoms with Gasteiger partial charge in [-0.1, -0.05) is 0 Å². The maximum Gasteiger partial charge on any atom is 0.326 e. The number of amides is 1. The van der Waals surface area contributed by atoms with Crippen LogP contribution >= 0.6 is 27.3 Å². The first-order valence-corrected chi connectivity index (χ1v) is 6.51. The number of halogens is 1. The summed E-state index contributed by atoms with van der Waals surface area (Å²) in [6, 6.07) is 1.23. The van der Waals surface area contributed by atoms with E-state index < -0.39 is 12.0 Å². The summed E-state index contributed by atoms with van der Waals surface area (Å²) in [5.74, 6) is -0.997. The second-order valence-corrected chi connectivity index (χ2v) is 5.87. The zero-order chi connectivity index (χ0) is 11.7. The Balaban J connectivity index is 2.16. The third-order valence-corrected chi connectivity index (χ3v) is 4.46. The minimum Gasteiger partial charge on any atom is -0.480 e. The number of rotatable bonds is 3. The van der Waals surface area contributed by atoms with Gasteiger partial charge in [-0.25, -0.2) is 4.79 Å². The number of carboxylic acid groups (broad SMARTS) is 1. The van der Waals surface area contributed by atoms with Crippen LogP contribution in [0.2, 0.25) is 0 Å². The van der Waals surface area contributed by atoms with Gasteiger partial charge in [0.1, 0.15) is 6.04 Å². The van der Waals surface area contributed by atoms with Gasteiger partial charge in [-0.2, -0.15) is 0 Å². The number of hydrogen-bond donors (Lipinski definition) is 1. The van der Waals surface area contributed by atoms with Gasteiger partial charge in [0.15, 0.2) is 0 Å². The lowest BCUT2D eigenvalue weighted by Crippen LogP contribution is -2.37. The SMILES string of the molecule is O=C(O)[C@@H]1CCC(=O)N1Cc1ccsc1Br. The van der Waals surface area contributed by atoms with E-state index in [0.717, 1.165) is 9.35 Å². The van der Waals surface area contributed by atoms with E-state index in [1.54, 1.807) is 0 Å². The number of thiophene rings is 1. The van der Waals surface area contributed by atoms with E-state index in [0.29, 0.717) is 19.4 Å². The van der Waals surface area contributed by atoms with E-state index in [-0.39, 0.29) is 5.91 Å². The molecule has 86 valence electrons. The van der Waals surface area contributed by atoms with Crippen molar-refractivity contribution in [2.45, 2.75) is 25.4 Å². The van der Waals surface area contributed by atoms with Crippen molar-refractivity contribution in [2.75, 3.05) is 0 Å². The van der Waals surface area contributed by atoms with E-state index in [1.807, 2.05) is 11.4 Å². The number of carboxylic acids is 1. The van der Waals surface area contributed by atoms with Crippen molar-refractivity contribution < 1.29 is 14.7 Å². The van der Waals surface area contributed by atoms with Crippen molar-refractivity contribution in [1.82, 2.24) is 4.90 Å². The number of likely N-dealkylation sites (tertiary alicyclic amines) is 1. The second kappa shape index (κ2) is 4.55. The summed E-state index contributed by atoms with van der Waals surface area (Å²) < 4.78 is 0.955. The molecule has 1 amide bonds. The molecule has 1 aliphatic heterocycles. The fraction of sp³-hybridized carbons (Fsp3) is 0.400. The average molecular weight is 304 g/mol. The quantitative estimate of drug-likeness (QED) is 0.930. The van der Waals surface area contributed by atoms with Crippen LogP contribution in [0.25, 0.3) is 0 Å². The lowest BCUT2D eigenvalue weighted by molar-refractivity contribution is -0.146. The number of hydrogen-bond acceptors (Lipinski definition) is 3. The molecule has 16 heavy (non-hydrogen) atoms.